The maximum atomic E-state index is 12.8. The highest BCUT2D eigenvalue weighted by molar-refractivity contribution is 7.92. The van der Waals surface area contributed by atoms with Crippen LogP contribution in [-0.4, -0.2) is 24.6 Å². The van der Waals surface area contributed by atoms with Gasteiger partial charge < -0.3 is 9.67 Å². The Labute approximate surface area is 124 Å². The summed E-state index contributed by atoms with van der Waals surface area (Å²) in [5, 5.41) is 9.32. The second-order valence-corrected chi connectivity index (χ2v) is 6.93. The number of aliphatic hydroxyl groups is 1. The summed E-state index contributed by atoms with van der Waals surface area (Å²) in [6.45, 7) is 2.84. The molecule has 1 aliphatic rings. The highest BCUT2D eigenvalue weighted by Gasteiger charge is 2.31. The van der Waals surface area contributed by atoms with Crippen LogP contribution in [0.1, 0.15) is 18.2 Å². The highest BCUT2D eigenvalue weighted by atomic mass is 32.2. The van der Waals surface area contributed by atoms with E-state index in [1.54, 1.807) is 16.8 Å². The first-order valence-corrected chi connectivity index (χ1v) is 8.42. The van der Waals surface area contributed by atoms with Crippen molar-refractivity contribution in [1.29, 1.82) is 0 Å². The monoisotopic (exact) mass is 306 g/mol. The van der Waals surface area contributed by atoms with Crippen LogP contribution < -0.4 is 4.31 Å². The molecule has 21 heavy (non-hydrogen) atoms. The minimum atomic E-state index is -3.57. The number of fused-ring (bicyclic) bond motifs is 1. The van der Waals surface area contributed by atoms with Crippen molar-refractivity contribution in [3.05, 3.63) is 47.8 Å². The van der Waals surface area contributed by atoms with E-state index < -0.39 is 10.0 Å². The topological polar surface area (TPSA) is 62.5 Å². The van der Waals surface area contributed by atoms with Gasteiger partial charge in [-0.05, 0) is 31.0 Å². The second-order valence-electron chi connectivity index (χ2n) is 5.07. The Balaban J connectivity index is 2.04. The van der Waals surface area contributed by atoms with Gasteiger partial charge in [0.05, 0.1) is 12.3 Å². The molecular formula is C15H18N2O3S. The summed E-state index contributed by atoms with van der Waals surface area (Å²) in [6.07, 6.45) is 2.33. The zero-order valence-corrected chi connectivity index (χ0v) is 12.7. The third-order valence-corrected chi connectivity index (χ3v) is 5.67. The SMILES string of the molecule is CCn1cc(S(=O)(=O)N2CCc3ccccc32)cc1CO. The van der Waals surface area contributed by atoms with Crippen molar-refractivity contribution in [1.82, 2.24) is 4.57 Å². The summed E-state index contributed by atoms with van der Waals surface area (Å²) in [7, 11) is -3.57. The smallest absolute Gasteiger partial charge is 0.265 e. The van der Waals surface area contributed by atoms with E-state index in [-0.39, 0.29) is 11.5 Å². The van der Waals surface area contributed by atoms with E-state index in [4.69, 9.17) is 0 Å². The number of aliphatic hydroxyl groups excluding tert-OH is 1. The van der Waals surface area contributed by atoms with Crippen molar-refractivity contribution in [2.24, 2.45) is 0 Å². The van der Waals surface area contributed by atoms with Gasteiger partial charge in [0.25, 0.3) is 10.0 Å². The molecule has 0 saturated heterocycles. The van der Waals surface area contributed by atoms with E-state index in [1.165, 1.54) is 4.31 Å². The molecule has 1 aromatic carbocycles. The second kappa shape index (κ2) is 5.20. The minimum absolute atomic E-state index is 0.167. The zero-order valence-electron chi connectivity index (χ0n) is 11.9. The van der Waals surface area contributed by atoms with Gasteiger partial charge in [-0.25, -0.2) is 8.42 Å². The number of anilines is 1. The average molecular weight is 306 g/mol. The van der Waals surface area contributed by atoms with Crippen LogP contribution in [0.3, 0.4) is 0 Å². The lowest BCUT2D eigenvalue weighted by Gasteiger charge is -2.18. The molecule has 2 heterocycles. The predicted molar refractivity (Wildman–Crippen MR) is 80.7 cm³/mol. The van der Waals surface area contributed by atoms with Gasteiger partial charge in [-0.3, -0.25) is 4.31 Å². The summed E-state index contributed by atoms with van der Waals surface area (Å²) < 4.78 is 28.9. The lowest BCUT2D eigenvalue weighted by atomic mass is 10.2. The number of benzene rings is 1. The number of para-hydroxylation sites is 1. The number of sulfonamides is 1. The van der Waals surface area contributed by atoms with E-state index in [2.05, 4.69) is 0 Å². The van der Waals surface area contributed by atoms with Crippen LogP contribution in [0.2, 0.25) is 0 Å². The molecule has 6 heteroatoms. The average Bonchev–Trinajstić information content (AvgIpc) is 3.11. The van der Waals surface area contributed by atoms with Crippen molar-refractivity contribution in [2.75, 3.05) is 10.8 Å². The van der Waals surface area contributed by atoms with Crippen molar-refractivity contribution in [3.63, 3.8) is 0 Å². The van der Waals surface area contributed by atoms with Crippen LogP contribution in [0.25, 0.3) is 0 Å². The number of rotatable bonds is 4. The molecule has 5 nitrogen and oxygen atoms in total. The number of nitrogens with zero attached hydrogens (tertiary/aromatic N) is 2. The van der Waals surface area contributed by atoms with Gasteiger partial charge >= 0.3 is 0 Å². The molecule has 3 rings (SSSR count). The van der Waals surface area contributed by atoms with Gasteiger partial charge in [-0.15, -0.1) is 0 Å². The largest absolute Gasteiger partial charge is 0.390 e. The van der Waals surface area contributed by atoms with Gasteiger partial charge in [0.15, 0.2) is 0 Å². The fraction of sp³-hybridized carbons (Fsp3) is 0.333. The summed E-state index contributed by atoms with van der Waals surface area (Å²) in [4.78, 5) is 0.241. The molecule has 0 amide bonds. The van der Waals surface area contributed by atoms with Crippen LogP contribution in [0.5, 0.6) is 0 Å². The molecule has 112 valence electrons. The standard InChI is InChI=1S/C15H18N2O3S/c1-2-16-10-14(9-13(16)11-18)21(19,20)17-8-7-12-5-3-4-6-15(12)17/h3-6,9-10,18H,2,7-8,11H2,1H3. The Hall–Kier alpha value is -1.79. The third kappa shape index (κ3) is 2.24. The van der Waals surface area contributed by atoms with E-state index in [9.17, 15) is 13.5 Å². The van der Waals surface area contributed by atoms with Crippen LogP contribution in [-0.2, 0) is 29.6 Å². The first kappa shape index (κ1) is 14.2. The summed E-state index contributed by atoms with van der Waals surface area (Å²) in [6, 6.07) is 9.13. The number of hydrogen-bond acceptors (Lipinski definition) is 3. The van der Waals surface area contributed by atoms with Crippen molar-refractivity contribution in [2.45, 2.75) is 31.4 Å². The first-order chi connectivity index (χ1) is 10.1. The van der Waals surface area contributed by atoms with Crippen molar-refractivity contribution in [3.8, 4) is 0 Å². The Morgan fingerprint density at radius 2 is 2.05 bits per heavy atom. The van der Waals surface area contributed by atoms with Gasteiger partial charge in [-0.1, -0.05) is 18.2 Å². The summed E-state index contributed by atoms with van der Waals surface area (Å²) >= 11 is 0. The van der Waals surface area contributed by atoms with Gasteiger partial charge in [0, 0.05) is 25.0 Å². The zero-order chi connectivity index (χ0) is 15.0. The van der Waals surface area contributed by atoms with Gasteiger partial charge in [0.1, 0.15) is 4.90 Å². The Morgan fingerprint density at radius 3 is 2.71 bits per heavy atom. The maximum absolute atomic E-state index is 12.8. The third-order valence-electron chi connectivity index (χ3n) is 3.90. The number of aromatic nitrogens is 1. The van der Waals surface area contributed by atoms with E-state index in [0.29, 0.717) is 18.8 Å². The Kier molecular flexibility index (Phi) is 3.51. The normalized spacial score (nSPS) is 14.5. The van der Waals surface area contributed by atoms with E-state index in [0.717, 1.165) is 17.7 Å². The predicted octanol–water partition coefficient (Wildman–Crippen LogP) is 1.75. The highest BCUT2D eigenvalue weighted by Crippen LogP contribution is 2.33. The number of aryl methyl sites for hydroxylation is 1. The molecule has 1 aromatic heterocycles. The molecule has 1 aliphatic heterocycles. The Morgan fingerprint density at radius 1 is 1.29 bits per heavy atom. The lowest BCUT2D eigenvalue weighted by molar-refractivity contribution is 0.271. The fourth-order valence-corrected chi connectivity index (χ4v) is 4.35. The molecule has 0 spiro atoms. The molecule has 0 saturated carbocycles. The lowest BCUT2D eigenvalue weighted by Crippen LogP contribution is -2.28. The van der Waals surface area contributed by atoms with Gasteiger partial charge in [-0.2, -0.15) is 0 Å². The van der Waals surface area contributed by atoms with Crippen LogP contribution in [0, 0.1) is 0 Å². The van der Waals surface area contributed by atoms with Crippen LogP contribution in [0.4, 0.5) is 5.69 Å². The summed E-state index contributed by atoms with van der Waals surface area (Å²) in [5.41, 5.74) is 2.43. The molecule has 0 atom stereocenters. The molecule has 2 aromatic rings. The molecular weight excluding hydrogens is 288 g/mol. The first-order valence-electron chi connectivity index (χ1n) is 6.98. The fourth-order valence-electron chi connectivity index (χ4n) is 2.78. The van der Waals surface area contributed by atoms with E-state index >= 15 is 0 Å². The quantitative estimate of drug-likeness (QED) is 0.936. The van der Waals surface area contributed by atoms with Crippen molar-refractivity contribution >= 4 is 15.7 Å². The van der Waals surface area contributed by atoms with E-state index in [1.807, 2.05) is 31.2 Å². The maximum Gasteiger partial charge on any atom is 0.265 e. The molecule has 0 aliphatic carbocycles. The van der Waals surface area contributed by atoms with Crippen LogP contribution in [0.15, 0.2) is 41.4 Å². The Bertz CT molecular complexity index is 743. The molecule has 0 bridgehead atoms. The van der Waals surface area contributed by atoms with Gasteiger partial charge in [0.2, 0.25) is 0 Å². The number of hydrogen-bond donors (Lipinski definition) is 1. The molecule has 0 unspecified atom stereocenters. The summed E-state index contributed by atoms with van der Waals surface area (Å²) in [5.74, 6) is 0. The van der Waals surface area contributed by atoms with Crippen LogP contribution >= 0.6 is 0 Å². The van der Waals surface area contributed by atoms with Crippen molar-refractivity contribution < 1.29 is 13.5 Å². The molecule has 1 N–H and O–H groups in total. The molecule has 0 fully saturated rings. The minimum Gasteiger partial charge on any atom is -0.390 e. The molecule has 0 radical (unpaired) electrons.